The largest absolute Gasteiger partial charge is 0.390 e. The Kier molecular flexibility index (Phi) is 5.26. The zero-order valence-electron chi connectivity index (χ0n) is 12.4. The average molecular weight is 358 g/mol. The van der Waals surface area contributed by atoms with Gasteiger partial charge in [0.15, 0.2) is 0 Å². The predicted octanol–water partition coefficient (Wildman–Crippen LogP) is 0.425. The molecule has 1 aliphatic rings. The highest BCUT2D eigenvalue weighted by Gasteiger charge is 2.32. The molecule has 124 valence electrons. The SMILES string of the molecule is CC(=O)N1CCN(S(=O)(=O)c2ccc(C#N)cc2Cl)CC(O)C1. The molecule has 0 spiro atoms. The molecule has 7 nitrogen and oxygen atoms in total. The van der Waals surface area contributed by atoms with Gasteiger partial charge in [-0.05, 0) is 18.2 Å². The van der Waals surface area contributed by atoms with Crippen molar-refractivity contribution in [1.29, 1.82) is 5.26 Å². The van der Waals surface area contributed by atoms with Crippen LogP contribution in [-0.4, -0.2) is 60.9 Å². The Morgan fingerprint density at radius 2 is 2.09 bits per heavy atom. The maximum atomic E-state index is 12.7. The van der Waals surface area contributed by atoms with Crippen LogP contribution in [0.5, 0.6) is 0 Å². The number of carbonyl (C=O) groups excluding carboxylic acids is 1. The van der Waals surface area contributed by atoms with Gasteiger partial charge in [0.1, 0.15) is 4.90 Å². The van der Waals surface area contributed by atoms with Crippen molar-refractivity contribution in [2.45, 2.75) is 17.9 Å². The fraction of sp³-hybridized carbons (Fsp3) is 0.429. The van der Waals surface area contributed by atoms with Crippen LogP contribution < -0.4 is 0 Å². The summed E-state index contributed by atoms with van der Waals surface area (Å²) in [5, 5.41) is 18.7. The normalized spacial score (nSPS) is 19.9. The molecule has 0 saturated carbocycles. The summed E-state index contributed by atoms with van der Waals surface area (Å²) in [5.41, 5.74) is 0.257. The first-order valence-corrected chi connectivity index (χ1v) is 8.71. The Morgan fingerprint density at radius 3 is 2.65 bits per heavy atom. The Morgan fingerprint density at radius 1 is 1.39 bits per heavy atom. The van der Waals surface area contributed by atoms with Gasteiger partial charge in [0, 0.05) is 33.1 Å². The van der Waals surface area contributed by atoms with E-state index in [9.17, 15) is 18.3 Å². The molecule has 0 bridgehead atoms. The van der Waals surface area contributed by atoms with E-state index >= 15 is 0 Å². The Bertz CT molecular complexity index is 760. The number of amides is 1. The highest BCUT2D eigenvalue weighted by atomic mass is 35.5. The highest BCUT2D eigenvalue weighted by Crippen LogP contribution is 2.26. The third-order valence-corrected chi connectivity index (χ3v) is 5.94. The van der Waals surface area contributed by atoms with E-state index in [1.165, 1.54) is 30.0 Å². The van der Waals surface area contributed by atoms with E-state index in [-0.39, 0.29) is 47.6 Å². The van der Waals surface area contributed by atoms with E-state index in [2.05, 4.69) is 0 Å². The van der Waals surface area contributed by atoms with Crippen LogP contribution in [0, 0.1) is 11.3 Å². The van der Waals surface area contributed by atoms with Crippen molar-refractivity contribution >= 4 is 27.5 Å². The van der Waals surface area contributed by atoms with Gasteiger partial charge in [-0.1, -0.05) is 11.6 Å². The predicted molar refractivity (Wildman–Crippen MR) is 83.2 cm³/mol. The van der Waals surface area contributed by atoms with Crippen LogP contribution in [0.2, 0.25) is 5.02 Å². The maximum Gasteiger partial charge on any atom is 0.244 e. The number of rotatable bonds is 2. The first kappa shape index (κ1) is 17.7. The second-order valence-corrected chi connectivity index (χ2v) is 7.55. The maximum absolute atomic E-state index is 12.7. The zero-order chi connectivity index (χ0) is 17.2. The van der Waals surface area contributed by atoms with Gasteiger partial charge in [0.25, 0.3) is 0 Å². The van der Waals surface area contributed by atoms with Gasteiger partial charge in [-0.15, -0.1) is 0 Å². The van der Waals surface area contributed by atoms with E-state index in [1.54, 1.807) is 0 Å². The van der Waals surface area contributed by atoms with Crippen molar-refractivity contribution in [3.8, 4) is 6.07 Å². The van der Waals surface area contributed by atoms with Crippen LogP contribution in [0.3, 0.4) is 0 Å². The topological polar surface area (TPSA) is 102 Å². The molecule has 23 heavy (non-hydrogen) atoms. The van der Waals surface area contributed by atoms with Gasteiger partial charge >= 0.3 is 0 Å². The minimum Gasteiger partial charge on any atom is -0.390 e. The van der Waals surface area contributed by atoms with Crippen molar-refractivity contribution in [2.24, 2.45) is 0 Å². The van der Waals surface area contributed by atoms with Crippen molar-refractivity contribution < 1.29 is 18.3 Å². The molecular weight excluding hydrogens is 342 g/mol. The third-order valence-electron chi connectivity index (χ3n) is 3.59. The average Bonchev–Trinajstić information content (AvgIpc) is 2.69. The van der Waals surface area contributed by atoms with Crippen LogP contribution in [0.1, 0.15) is 12.5 Å². The molecule has 0 aromatic heterocycles. The van der Waals surface area contributed by atoms with Crippen molar-refractivity contribution in [1.82, 2.24) is 9.21 Å². The summed E-state index contributed by atoms with van der Waals surface area (Å²) in [6.07, 6.45) is -0.978. The van der Waals surface area contributed by atoms with Gasteiger partial charge in [-0.25, -0.2) is 8.42 Å². The molecule has 1 fully saturated rings. The number of nitrogens with zero attached hydrogens (tertiary/aromatic N) is 3. The molecule has 1 heterocycles. The lowest BCUT2D eigenvalue weighted by Gasteiger charge is -2.21. The Hall–Kier alpha value is -1.66. The van der Waals surface area contributed by atoms with Gasteiger partial charge in [0.05, 0.1) is 22.8 Å². The fourth-order valence-corrected chi connectivity index (χ4v) is 4.37. The standard InChI is InChI=1S/C14H16ClN3O4S/c1-10(19)17-4-5-18(9-12(20)8-17)23(21,22)14-3-2-11(7-16)6-13(14)15/h2-3,6,12,20H,4-5,8-9H2,1H3. The van der Waals surface area contributed by atoms with E-state index in [1.807, 2.05) is 6.07 Å². The Labute approximate surface area is 139 Å². The lowest BCUT2D eigenvalue weighted by Crippen LogP contribution is -2.37. The molecule has 1 saturated heterocycles. The zero-order valence-corrected chi connectivity index (χ0v) is 14.0. The summed E-state index contributed by atoms with van der Waals surface area (Å²) in [6.45, 7) is 1.59. The molecule has 1 aliphatic heterocycles. The van der Waals surface area contributed by atoms with Gasteiger partial charge in [-0.3, -0.25) is 4.79 Å². The summed E-state index contributed by atoms with van der Waals surface area (Å²) in [7, 11) is -3.93. The molecule has 0 aliphatic carbocycles. The van der Waals surface area contributed by atoms with E-state index in [4.69, 9.17) is 16.9 Å². The van der Waals surface area contributed by atoms with Crippen LogP contribution >= 0.6 is 11.6 Å². The second-order valence-electron chi connectivity index (χ2n) is 5.24. The number of aliphatic hydroxyl groups is 1. The molecule has 1 N–H and O–H groups in total. The number of carbonyl (C=O) groups is 1. The molecule has 9 heteroatoms. The quantitative estimate of drug-likeness (QED) is 0.826. The molecule has 2 rings (SSSR count). The summed E-state index contributed by atoms with van der Waals surface area (Å²) in [6, 6.07) is 5.81. The lowest BCUT2D eigenvalue weighted by molar-refractivity contribution is -0.129. The number of nitriles is 1. The van der Waals surface area contributed by atoms with Crippen molar-refractivity contribution in [2.75, 3.05) is 26.2 Å². The van der Waals surface area contributed by atoms with Crippen LogP contribution in [-0.2, 0) is 14.8 Å². The van der Waals surface area contributed by atoms with Crippen molar-refractivity contribution in [3.05, 3.63) is 28.8 Å². The number of aliphatic hydroxyl groups excluding tert-OH is 1. The van der Waals surface area contributed by atoms with E-state index in [0.29, 0.717) is 0 Å². The molecule has 1 amide bonds. The summed E-state index contributed by atoms with van der Waals surface area (Å²) < 4.78 is 26.6. The number of halogens is 1. The molecule has 1 aromatic rings. The summed E-state index contributed by atoms with van der Waals surface area (Å²) >= 11 is 5.98. The minimum atomic E-state index is -3.93. The first-order chi connectivity index (χ1) is 10.8. The second kappa shape index (κ2) is 6.84. The number of hydrogen-bond acceptors (Lipinski definition) is 5. The summed E-state index contributed by atoms with van der Waals surface area (Å²) in [5.74, 6) is -0.222. The van der Waals surface area contributed by atoms with E-state index in [0.717, 1.165) is 4.31 Å². The number of β-amino-alcohol motifs (C(OH)–C–C–N with tert-alkyl or cyclic N) is 1. The third kappa shape index (κ3) is 3.82. The van der Waals surface area contributed by atoms with Crippen LogP contribution in [0.4, 0.5) is 0 Å². The molecule has 1 unspecified atom stereocenters. The molecule has 1 aromatic carbocycles. The van der Waals surface area contributed by atoms with Crippen LogP contribution in [0.15, 0.2) is 23.1 Å². The number of sulfonamides is 1. The van der Waals surface area contributed by atoms with Crippen LogP contribution in [0.25, 0.3) is 0 Å². The fourth-order valence-electron chi connectivity index (χ4n) is 2.38. The molecule has 0 radical (unpaired) electrons. The summed E-state index contributed by atoms with van der Waals surface area (Å²) in [4.78, 5) is 12.7. The van der Waals surface area contributed by atoms with Gasteiger partial charge in [0.2, 0.25) is 15.9 Å². The van der Waals surface area contributed by atoms with Gasteiger partial charge < -0.3 is 10.0 Å². The smallest absolute Gasteiger partial charge is 0.244 e. The monoisotopic (exact) mass is 357 g/mol. The lowest BCUT2D eigenvalue weighted by atomic mass is 10.2. The highest BCUT2D eigenvalue weighted by molar-refractivity contribution is 7.89. The first-order valence-electron chi connectivity index (χ1n) is 6.89. The van der Waals surface area contributed by atoms with Gasteiger partial charge in [-0.2, -0.15) is 9.57 Å². The number of benzene rings is 1. The van der Waals surface area contributed by atoms with Crippen molar-refractivity contribution in [3.63, 3.8) is 0 Å². The molecule has 1 atom stereocenters. The number of hydrogen-bond donors (Lipinski definition) is 1. The van der Waals surface area contributed by atoms with E-state index < -0.39 is 16.1 Å². The Balaban J connectivity index is 2.32. The molecular formula is C14H16ClN3O4S. The minimum absolute atomic E-state index is 0.0498.